The minimum absolute atomic E-state index is 0.0723. The van der Waals surface area contributed by atoms with E-state index in [-0.39, 0.29) is 6.04 Å². The highest BCUT2D eigenvalue weighted by molar-refractivity contribution is 9.10. The Kier molecular flexibility index (Phi) is 4.48. The van der Waals surface area contributed by atoms with Crippen molar-refractivity contribution in [3.05, 3.63) is 37.2 Å². The first-order chi connectivity index (χ1) is 8.56. The van der Waals surface area contributed by atoms with E-state index < -0.39 is 0 Å². The van der Waals surface area contributed by atoms with Gasteiger partial charge in [0.1, 0.15) is 0 Å². The van der Waals surface area contributed by atoms with Gasteiger partial charge < -0.3 is 5.32 Å². The average Bonchev–Trinajstić information content (AvgIpc) is 2.83. The van der Waals surface area contributed by atoms with Gasteiger partial charge in [-0.15, -0.1) is 11.3 Å². The minimum Gasteiger partial charge on any atom is -0.305 e. The van der Waals surface area contributed by atoms with E-state index in [0.717, 1.165) is 32.2 Å². The lowest BCUT2D eigenvalue weighted by Gasteiger charge is -2.18. The number of halogens is 2. The Balaban J connectivity index is 2.50. The number of nitrogens with zero attached hydrogens (tertiary/aromatic N) is 2. The van der Waals surface area contributed by atoms with E-state index in [9.17, 15) is 0 Å². The number of aromatic nitrogens is 2. The Hall–Kier alpha value is -0.360. The smallest absolute Gasteiger partial charge is 0.0868 e. The molecular formula is C12H15BrClN3S. The normalized spacial score (nSPS) is 12.9. The first-order valence-electron chi connectivity index (χ1n) is 5.70. The van der Waals surface area contributed by atoms with Crippen LogP contribution in [0.4, 0.5) is 0 Å². The van der Waals surface area contributed by atoms with E-state index in [2.05, 4.69) is 38.6 Å². The summed E-state index contributed by atoms with van der Waals surface area (Å²) in [6.07, 6.45) is 1.81. The summed E-state index contributed by atoms with van der Waals surface area (Å²) in [6.45, 7) is 4.99. The maximum atomic E-state index is 6.39. The molecule has 1 atom stereocenters. The van der Waals surface area contributed by atoms with Crippen LogP contribution < -0.4 is 5.32 Å². The molecule has 0 aliphatic heterocycles. The topological polar surface area (TPSA) is 29.9 Å². The highest BCUT2D eigenvalue weighted by Gasteiger charge is 2.24. The Bertz CT molecular complexity index is 530. The van der Waals surface area contributed by atoms with E-state index in [1.54, 1.807) is 11.3 Å². The van der Waals surface area contributed by atoms with Gasteiger partial charge in [-0.1, -0.05) is 18.5 Å². The molecule has 2 aromatic rings. The Morgan fingerprint density at radius 2 is 2.33 bits per heavy atom. The van der Waals surface area contributed by atoms with Gasteiger partial charge in [0.25, 0.3) is 0 Å². The van der Waals surface area contributed by atoms with Crippen LogP contribution in [-0.2, 0) is 7.05 Å². The van der Waals surface area contributed by atoms with Crippen LogP contribution in [0, 0.1) is 6.92 Å². The molecule has 0 aliphatic rings. The van der Waals surface area contributed by atoms with Crippen LogP contribution in [0.1, 0.15) is 29.1 Å². The second-order valence-electron chi connectivity index (χ2n) is 4.09. The lowest BCUT2D eigenvalue weighted by atomic mass is 10.1. The second-order valence-corrected chi connectivity index (χ2v) is 6.23. The highest BCUT2D eigenvalue weighted by Crippen LogP contribution is 2.37. The van der Waals surface area contributed by atoms with Crippen molar-refractivity contribution in [2.45, 2.75) is 19.9 Å². The SMILES string of the molecule is CCNC(c1scc(C)c1Cl)c1c(Br)cnn1C. The molecule has 0 aliphatic carbocycles. The van der Waals surface area contributed by atoms with E-state index in [0.29, 0.717) is 0 Å². The predicted molar refractivity (Wildman–Crippen MR) is 80.5 cm³/mol. The maximum absolute atomic E-state index is 6.39. The van der Waals surface area contributed by atoms with Crippen molar-refractivity contribution in [1.82, 2.24) is 15.1 Å². The van der Waals surface area contributed by atoms with Crippen LogP contribution in [0.2, 0.25) is 5.02 Å². The fourth-order valence-corrected chi connectivity index (χ4v) is 3.86. The largest absolute Gasteiger partial charge is 0.305 e. The average molecular weight is 349 g/mol. The summed E-state index contributed by atoms with van der Waals surface area (Å²) < 4.78 is 2.88. The van der Waals surface area contributed by atoms with Gasteiger partial charge in [0.05, 0.1) is 27.4 Å². The molecule has 1 N–H and O–H groups in total. The second kappa shape index (κ2) is 5.74. The number of hydrogen-bond donors (Lipinski definition) is 1. The van der Waals surface area contributed by atoms with Crippen LogP contribution >= 0.6 is 38.9 Å². The zero-order valence-corrected chi connectivity index (χ0v) is 13.7. The van der Waals surface area contributed by atoms with Gasteiger partial charge in [-0.25, -0.2) is 0 Å². The molecule has 0 fully saturated rings. The third-order valence-electron chi connectivity index (χ3n) is 2.81. The summed E-state index contributed by atoms with van der Waals surface area (Å²) in [5.41, 5.74) is 2.22. The molecule has 0 bridgehead atoms. The Labute approximate surface area is 124 Å². The van der Waals surface area contributed by atoms with Gasteiger partial charge in [-0.3, -0.25) is 4.68 Å². The zero-order chi connectivity index (χ0) is 13.3. The monoisotopic (exact) mass is 347 g/mol. The summed E-state index contributed by atoms with van der Waals surface area (Å²) in [6, 6.07) is 0.0723. The van der Waals surface area contributed by atoms with Crippen molar-refractivity contribution in [3.8, 4) is 0 Å². The van der Waals surface area contributed by atoms with Crippen LogP contribution in [0.5, 0.6) is 0 Å². The van der Waals surface area contributed by atoms with E-state index in [1.165, 1.54) is 0 Å². The number of thiophene rings is 1. The molecule has 18 heavy (non-hydrogen) atoms. The van der Waals surface area contributed by atoms with Gasteiger partial charge in [0, 0.05) is 11.9 Å². The number of rotatable bonds is 4. The molecule has 0 radical (unpaired) electrons. The van der Waals surface area contributed by atoms with Crippen molar-refractivity contribution in [2.75, 3.05) is 6.54 Å². The highest BCUT2D eigenvalue weighted by atomic mass is 79.9. The van der Waals surface area contributed by atoms with Crippen LogP contribution in [-0.4, -0.2) is 16.3 Å². The fourth-order valence-electron chi connectivity index (χ4n) is 1.91. The number of aryl methyl sites for hydroxylation is 2. The van der Waals surface area contributed by atoms with Gasteiger partial charge in [0.15, 0.2) is 0 Å². The first-order valence-corrected chi connectivity index (χ1v) is 7.75. The summed E-state index contributed by atoms with van der Waals surface area (Å²) in [7, 11) is 1.94. The molecule has 6 heteroatoms. The number of nitrogens with one attached hydrogen (secondary N) is 1. The van der Waals surface area contributed by atoms with Gasteiger partial charge in [-0.05, 0) is 40.3 Å². The standard InChI is InChI=1S/C12H15BrClN3S/c1-4-15-10(11-8(13)5-16-17(11)3)12-9(14)7(2)6-18-12/h5-6,10,15H,4H2,1-3H3. The molecule has 0 saturated carbocycles. The quantitative estimate of drug-likeness (QED) is 0.908. The molecule has 3 nitrogen and oxygen atoms in total. The fraction of sp³-hybridized carbons (Fsp3) is 0.417. The lowest BCUT2D eigenvalue weighted by molar-refractivity contribution is 0.577. The van der Waals surface area contributed by atoms with Crippen molar-refractivity contribution < 1.29 is 0 Å². The molecule has 2 heterocycles. The molecule has 0 aromatic carbocycles. The van der Waals surface area contributed by atoms with Gasteiger partial charge in [0.2, 0.25) is 0 Å². The third-order valence-corrected chi connectivity index (χ3v) is 5.20. The summed E-state index contributed by atoms with van der Waals surface area (Å²) >= 11 is 11.6. The predicted octanol–water partition coefficient (Wildman–Crippen LogP) is 3.90. The lowest BCUT2D eigenvalue weighted by Crippen LogP contribution is -2.24. The molecule has 2 aromatic heterocycles. The van der Waals surface area contributed by atoms with Crippen LogP contribution in [0.25, 0.3) is 0 Å². The van der Waals surface area contributed by atoms with Crippen molar-refractivity contribution in [2.24, 2.45) is 7.05 Å². The Morgan fingerprint density at radius 1 is 1.61 bits per heavy atom. The first kappa shape index (κ1) is 14.1. The van der Waals surface area contributed by atoms with Crippen molar-refractivity contribution in [1.29, 1.82) is 0 Å². The maximum Gasteiger partial charge on any atom is 0.0868 e. The minimum atomic E-state index is 0.0723. The van der Waals surface area contributed by atoms with E-state index in [1.807, 2.05) is 24.9 Å². The molecule has 1 unspecified atom stereocenters. The molecule has 0 amide bonds. The molecule has 0 saturated heterocycles. The van der Waals surface area contributed by atoms with E-state index in [4.69, 9.17) is 11.6 Å². The summed E-state index contributed by atoms with van der Waals surface area (Å²) in [5, 5.41) is 10.7. The molecular weight excluding hydrogens is 334 g/mol. The zero-order valence-electron chi connectivity index (χ0n) is 10.5. The van der Waals surface area contributed by atoms with Gasteiger partial charge in [-0.2, -0.15) is 5.10 Å². The third kappa shape index (κ3) is 2.50. The molecule has 98 valence electrons. The Morgan fingerprint density at radius 3 is 2.78 bits per heavy atom. The molecule has 0 spiro atoms. The van der Waals surface area contributed by atoms with Crippen molar-refractivity contribution >= 4 is 38.9 Å². The van der Waals surface area contributed by atoms with Gasteiger partial charge >= 0.3 is 0 Å². The number of hydrogen-bond acceptors (Lipinski definition) is 3. The summed E-state index contributed by atoms with van der Waals surface area (Å²) in [5.74, 6) is 0. The summed E-state index contributed by atoms with van der Waals surface area (Å²) in [4.78, 5) is 1.14. The van der Waals surface area contributed by atoms with Crippen LogP contribution in [0.3, 0.4) is 0 Å². The van der Waals surface area contributed by atoms with Crippen molar-refractivity contribution in [3.63, 3.8) is 0 Å². The van der Waals surface area contributed by atoms with Crippen LogP contribution in [0.15, 0.2) is 16.0 Å². The molecule has 2 rings (SSSR count). The van der Waals surface area contributed by atoms with E-state index >= 15 is 0 Å².